The third-order valence-electron chi connectivity index (χ3n) is 0.323. The van der Waals surface area contributed by atoms with Gasteiger partial charge in [-0.05, 0) is 4.47 Å². The summed E-state index contributed by atoms with van der Waals surface area (Å²) < 4.78 is 21.5. The lowest BCUT2D eigenvalue weighted by atomic mass is 11.1. The third kappa shape index (κ3) is 4.71. The standard InChI is InChI=1S/CH3N3O4S/c5-1(3-6)2-4-9(7)8/h6H,(H2,2,3,5). The highest BCUT2D eigenvalue weighted by molar-refractivity contribution is 7.61. The Morgan fingerprint density at radius 3 is 2.44 bits per heavy atom. The smallest absolute Gasteiger partial charge is 0.287 e. The first kappa shape index (κ1) is 7.85. The summed E-state index contributed by atoms with van der Waals surface area (Å²) in [6, 6.07) is -1.11. The number of amides is 2. The number of nitrogens with one attached hydrogen (secondary N) is 2. The van der Waals surface area contributed by atoms with Crippen LogP contribution < -0.4 is 10.9 Å². The predicted octanol–water partition coefficient (Wildman–Crippen LogP) is -1.35. The van der Waals surface area contributed by atoms with Gasteiger partial charge >= 0.3 is 16.5 Å². The third-order valence-corrected chi connectivity index (χ3v) is 0.564. The number of rotatable bonds is 1. The molecule has 0 aromatic carbocycles. The molecule has 0 heterocycles. The molecule has 9 heavy (non-hydrogen) atoms. The van der Waals surface area contributed by atoms with Gasteiger partial charge in [0, 0.05) is 0 Å². The summed E-state index contributed by atoms with van der Waals surface area (Å²) in [5.74, 6) is 0. The van der Waals surface area contributed by atoms with Crippen molar-refractivity contribution in [3.63, 3.8) is 0 Å². The van der Waals surface area contributed by atoms with E-state index >= 15 is 0 Å². The maximum Gasteiger partial charge on any atom is 0.359 e. The quantitative estimate of drug-likeness (QED) is 0.319. The molecular weight excluding hydrogens is 150 g/mol. The van der Waals surface area contributed by atoms with Gasteiger partial charge in [0.25, 0.3) is 0 Å². The summed E-state index contributed by atoms with van der Waals surface area (Å²) in [4.78, 5) is 9.88. The van der Waals surface area contributed by atoms with Gasteiger partial charge in [0.2, 0.25) is 0 Å². The molecule has 0 saturated heterocycles. The molecule has 0 fully saturated rings. The topological polar surface area (TPSA) is 108 Å². The molecular formula is CH3N3O4S. The minimum atomic E-state index is -2.70. The van der Waals surface area contributed by atoms with Gasteiger partial charge in [-0.3, -0.25) is 5.21 Å². The molecule has 52 valence electrons. The van der Waals surface area contributed by atoms with Crippen LogP contribution in [-0.2, 0) is 10.5 Å². The van der Waals surface area contributed by atoms with E-state index in [1.807, 2.05) is 0 Å². The first-order valence-corrected chi connectivity index (χ1v) is 2.70. The molecule has 8 heteroatoms. The number of hydrogen-bond acceptors (Lipinski definition) is 5. The molecule has 0 aromatic heterocycles. The molecule has 0 saturated carbocycles. The minimum absolute atomic E-state index is 1.10. The number of urea groups is 1. The first-order valence-electron chi connectivity index (χ1n) is 1.67. The summed E-state index contributed by atoms with van der Waals surface area (Å²) in [5, 5.41) is 7.72. The van der Waals surface area contributed by atoms with E-state index < -0.39 is 16.5 Å². The van der Waals surface area contributed by atoms with Crippen molar-refractivity contribution in [3.8, 4) is 0 Å². The van der Waals surface area contributed by atoms with Crippen LogP contribution >= 0.6 is 0 Å². The highest BCUT2D eigenvalue weighted by Gasteiger charge is 1.90. The van der Waals surface area contributed by atoms with Crippen LogP contribution in [0.25, 0.3) is 0 Å². The molecule has 0 aromatic rings. The van der Waals surface area contributed by atoms with Crippen LogP contribution in [0.1, 0.15) is 0 Å². The van der Waals surface area contributed by atoms with E-state index in [1.54, 1.807) is 0 Å². The monoisotopic (exact) mass is 153 g/mol. The first-order chi connectivity index (χ1) is 4.16. The van der Waals surface area contributed by atoms with Crippen LogP contribution in [0.3, 0.4) is 0 Å². The summed E-state index contributed by atoms with van der Waals surface area (Å²) in [6.45, 7) is 0. The lowest BCUT2D eigenvalue weighted by molar-refractivity contribution is 0.162. The van der Waals surface area contributed by atoms with Crippen LogP contribution in [0.15, 0.2) is 4.47 Å². The van der Waals surface area contributed by atoms with Gasteiger partial charge in [-0.1, -0.05) is 0 Å². The number of carbonyl (C=O) groups excluding carboxylic acids is 1. The zero-order chi connectivity index (χ0) is 7.28. The predicted molar refractivity (Wildman–Crippen MR) is 24.8 cm³/mol. The van der Waals surface area contributed by atoms with E-state index in [0.717, 1.165) is 5.48 Å². The lowest BCUT2D eigenvalue weighted by Crippen LogP contribution is -2.28. The molecule has 0 unspecified atom stereocenters. The van der Waals surface area contributed by atoms with Crippen LogP contribution in [0.5, 0.6) is 0 Å². The summed E-state index contributed by atoms with van der Waals surface area (Å²) >= 11 is 0. The number of hydroxylamine groups is 1. The van der Waals surface area contributed by atoms with Gasteiger partial charge in [-0.25, -0.2) is 15.7 Å². The molecule has 0 aliphatic carbocycles. The highest BCUT2D eigenvalue weighted by atomic mass is 32.2. The second-order valence-electron chi connectivity index (χ2n) is 0.861. The zero-order valence-electron chi connectivity index (χ0n) is 4.03. The SMILES string of the molecule is O=C(NO)NN=S(=O)=O. The van der Waals surface area contributed by atoms with Gasteiger partial charge in [0.05, 0.1) is 0 Å². The molecule has 0 aliphatic heterocycles. The second kappa shape index (κ2) is 3.80. The minimum Gasteiger partial charge on any atom is -0.287 e. The fourth-order valence-electron chi connectivity index (χ4n) is 0.104. The van der Waals surface area contributed by atoms with E-state index in [9.17, 15) is 13.2 Å². The lowest BCUT2D eigenvalue weighted by Gasteiger charge is -1.88. The Bertz CT molecular complexity index is 208. The summed E-state index contributed by atoms with van der Waals surface area (Å²) in [7, 11) is -2.70. The largest absolute Gasteiger partial charge is 0.359 e. The normalized spacial score (nSPS) is 7.67. The van der Waals surface area contributed by atoms with Crippen LogP contribution in [0.4, 0.5) is 4.79 Å². The van der Waals surface area contributed by atoms with E-state index in [4.69, 9.17) is 5.21 Å². The van der Waals surface area contributed by atoms with Gasteiger partial charge in [-0.15, -0.1) is 0 Å². The Morgan fingerprint density at radius 1 is 1.56 bits per heavy atom. The van der Waals surface area contributed by atoms with E-state index in [1.165, 1.54) is 5.43 Å². The van der Waals surface area contributed by atoms with Gasteiger partial charge in [0.1, 0.15) is 0 Å². The molecule has 0 spiro atoms. The Kier molecular flexibility index (Phi) is 3.32. The zero-order valence-corrected chi connectivity index (χ0v) is 4.84. The van der Waals surface area contributed by atoms with Crippen molar-refractivity contribution in [2.24, 2.45) is 4.47 Å². The Hall–Kier alpha value is -1.15. The van der Waals surface area contributed by atoms with E-state index in [0.29, 0.717) is 0 Å². The van der Waals surface area contributed by atoms with E-state index in [2.05, 4.69) is 4.47 Å². The van der Waals surface area contributed by atoms with E-state index in [-0.39, 0.29) is 0 Å². The Labute approximate surface area is 51.3 Å². The Balaban J connectivity index is 3.78. The van der Waals surface area contributed by atoms with Gasteiger partial charge < -0.3 is 0 Å². The van der Waals surface area contributed by atoms with Crippen molar-refractivity contribution < 1.29 is 18.4 Å². The van der Waals surface area contributed by atoms with Crippen LogP contribution in [0, 0.1) is 0 Å². The maximum atomic E-state index is 9.88. The highest BCUT2D eigenvalue weighted by Crippen LogP contribution is 1.58. The average Bonchev–Trinajstić information content (AvgIpc) is 1.83. The maximum absolute atomic E-state index is 9.88. The Morgan fingerprint density at radius 2 is 2.11 bits per heavy atom. The van der Waals surface area contributed by atoms with Crippen LogP contribution in [-0.4, -0.2) is 19.7 Å². The van der Waals surface area contributed by atoms with Crippen molar-refractivity contribution in [3.05, 3.63) is 0 Å². The van der Waals surface area contributed by atoms with Crippen molar-refractivity contribution in [2.45, 2.75) is 0 Å². The van der Waals surface area contributed by atoms with Crippen LogP contribution in [0.2, 0.25) is 0 Å². The molecule has 2 amide bonds. The number of hydrogen-bond donors (Lipinski definition) is 3. The fourth-order valence-corrected chi connectivity index (χ4v) is 0.261. The molecule has 7 nitrogen and oxygen atoms in total. The summed E-state index contributed by atoms with van der Waals surface area (Å²) in [6.07, 6.45) is 0. The van der Waals surface area contributed by atoms with Gasteiger partial charge in [-0.2, -0.15) is 8.42 Å². The molecule has 0 atom stereocenters. The van der Waals surface area contributed by atoms with Crippen molar-refractivity contribution in [1.29, 1.82) is 0 Å². The fraction of sp³-hybridized carbons (Fsp3) is 0. The average molecular weight is 153 g/mol. The molecule has 0 radical (unpaired) electrons. The molecule has 3 N–H and O–H groups in total. The van der Waals surface area contributed by atoms with Crippen molar-refractivity contribution in [2.75, 3.05) is 0 Å². The van der Waals surface area contributed by atoms with Crippen molar-refractivity contribution >= 4 is 16.5 Å². The molecule has 0 aliphatic rings. The molecule has 0 bridgehead atoms. The second-order valence-corrected chi connectivity index (χ2v) is 1.48. The number of carbonyl (C=O) groups is 1. The number of nitrogens with zero attached hydrogens (tertiary/aromatic N) is 1. The summed E-state index contributed by atoms with van der Waals surface area (Å²) in [5.41, 5.74) is 2.55. The van der Waals surface area contributed by atoms with Gasteiger partial charge in [0.15, 0.2) is 0 Å². The van der Waals surface area contributed by atoms with Crippen molar-refractivity contribution in [1.82, 2.24) is 10.9 Å². The molecule has 0 rings (SSSR count).